The fourth-order valence-electron chi connectivity index (χ4n) is 1.12. The number of nitrogens with two attached hydrogens (primary N) is 1. The molecule has 4 N–H and O–H groups in total. The molecule has 0 bridgehead atoms. The molecule has 0 aliphatic rings. The molecular formula is C10H16N2O2S. The fraction of sp³-hybridized carbons (Fsp3) is 0.500. The Labute approximate surface area is 93.5 Å². The lowest BCUT2D eigenvalue weighted by Crippen LogP contribution is -2.18. The first kappa shape index (κ1) is 12.4. The molecule has 15 heavy (non-hydrogen) atoms. The minimum atomic E-state index is -0.687. The van der Waals surface area contributed by atoms with Gasteiger partial charge in [0.15, 0.2) is 0 Å². The van der Waals surface area contributed by atoms with Gasteiger partial charge in [-0.1, -0.05) is 6.07 Å². The summed E-state index contributed by atoms with van der Waals surface area (Å²) in [6, 6.07) is 5.67. The van der Waals surface area contributed by atoms with E-state index in [-0.39, 0.29) is 11.9 Å². The molecule has 0 aromatic carbocycles. The number of aliphatic hydroxyl groups excluding tert-OH is 2. The molecule has 0 radical (unpaired) electrons. The van der Waals surface area contributed by atoms with Crippen LogP contribution < -0.4 is 5.73 Å². The first-order valence-corrected chi connectivity index (χ1v) is 5.84. The molecule has 1 aromatic rings. The zero-order valence-electron chi connectivity index (χ0n) is 8.41. The summed E-state index contributed by atoms with van der Waals surface area (Å²) >= 11 is 1.51. The smallest absolute Gasteiger partial charge is 0.0861 e. The van der Waals surface area contributed by atoms with E-state index in [4.69, 9.17) is 10.8 Å². The van der Waals surface area contributed by atoms with Crippen molar-refractivity contribution in [2.24, 2.45) is 5.73 Å². The van der Waals surface area contributed by atoms with Gasteiger partial charge >= 0.3 is 0 Å². The number of aromatic nitrogens is 1. The summed E-state index contributed by atoms with van der Waals surface area (Å²) in [6.45, 7) is 0.256. The third-order valence-corrected chi connectivity index (χ3v) is 3.35. The van der Waals surface area contributed by atoms with E-state index >= 15 is 0 Å². The quantitative estimate of drug-likeness (QED) is 0.646. The van der Waals surface area contributed by atoms with Gasteiger partial charge in [0, 0.05) is 18.5 Å². The summed E-state index contributed by atoms with van der Waals surface area (Å²) in [4.78, 5) is 4.21. The lowest BCUT2D eigenvalue weighted by molar-refractivity contribution is 0.113. The van der Waals surface area contributed by atoms with Crippen LogP contribution in [-0.4, -0.2) is 40.2 Å². The molecule has 0 saturated heterocycles. The van der Waals surface area contributed by atoms with Crippen molar-refractivity contribution in [1.29, 1.82) is 0 Å². The van der Waals surface area contributed by atoms with Crippen LogP contribution in [0.5, 0.6) is 0 Å². The van der Waals surface area contributed by atoms with E-state index in [0.717, 1.165) is 5.69 Å². The summed E-state index contributed by atoms with van der Waals surface area (Å²) in [5.41, 5.74) is 6.54. The SMILES string of the molecule is NCC(SCC(O)CO)c1ccccn1. The van der Waals surface area contributed by atoms with Crippen molar-refractivity contribution < 1.29 is 10.2 Å². The second kappa shape index (κ2) is 6.79. The highest BCUT2D eigenvalue weighted by molar-refractivity contribution is 7.99. The van der Waals surface area contributed by atoms with E-state index in [9.17, 15) is 5.11 Å². The van der Waals surface area contributed by atoms with Crippen LogP contribution in [0, 0.1) is 0 Å². The van der Waals surface area contributed by atoms with Crippen molar-refractivity contribution in [3.63, 3.8) is 0 Å². The van der Waals surface area contributed by atoms with Crippen LogP contribution in [0.1, 0.15) is 10.9 Å². The molecule has 0 saturated carbocycles. The summed E-state index contributed by atoms with van der Waals surface area (Å²) < 4.78 is 0. The van der Waals surface area contributed by atoms with Gasteiger partial charge in [-0.05, 0) is 12.1 Å². The molecule has 1 rings (SSSR count). The number of pyridine rings is 1. The molecule has 84 valence electrons. The van der Waals surface area contributed by atoms with Crippen LogP contribution in [0.3, 0.4) is 0 Å². The van der Waals surface area contributed by atoms with Crippen LogP contribution in [0.2, 0.25) is 0 Å². The lowest BCUT2D eigenvalue weighted by atomic mass is 10.3. The number of rotatable bonds is 6. The Balaban J connectivity index is 2.50. The molecule has 0 amide bonds. The van der Waals surface area contributed by atoms with Crippen LogP contribution in [-0.2, 0) is 0 Å². The van der Waals surface area contributed by atoms with Gasteiger partial charge in [-0.2, -0.15) is 0 Å². The molecule has 5 heteroatoms. The van der Waals surface area contributed by atoms with Crippen molar-refractivity contribution in [3.05, 3.63) is 30.1 Å². The second-order valence-corrected chi connectivity index (χ2v) is 4.38. The first-order valence-electron chi connectivity index (χ1n) is 4.79. The standard InChI is InChI=1S/C10H16N2O2S/c11-5-10(15-7-8(14)6-13)9-3-1-2-4-12-9/h1-4,8,10,13-14H,5-7,11H2. The van der Waals surface area contributed by atoms with Gasteiger partial charge in [-0.25, -0.2) is 0 Å². The normalized spacial score (nSPS) is 14.9. The molecule has 0 spiro atoms. The number of thioether (sulfide) groups is 1. The van der Waals surface area contributed by atoms with E-state index < -0.39 is 6.10 Å². The Kier molecular flexibility index (Phi) is 5.63. The van der Waals surface area contributed by atoms with Gasteiger partial charge in [-0.3, -0.25) is 4.98 Å². The van der Waals surface area contributed by atoms with E-state index in [0.29, 0.717) is 12.3 Å². The van der Waals surface area contributed by atoms with Gasteiger partial charge < -0.3 is 15.9 Å². The van der Waals surface area contributed by atoms with Gasteiger partial charge in [0.05, 0.1) is 23.7 Å². The maximum Gasteiger partial charge on any atom is 0.0861 e. The summed E-state index contributed by atoms with van der Waals surface area (Å²) in [5.74, 6) is 0.467. The van der Waals surface area contributed by atoms with E-state index in [1.54, 1.807) is 6.20 Å². The Morgan fingerprint density at radius 2 is 2.27 bits per heavy atom. The summed E-state index contributed by atoms with van der Waals surface area (Å²) in [7, 11) is 0. The maximum atomic E-state index is 9.22. The predicted molar refractivity (Wildman–Crippen MR) is 61.6 cm³/mol. The molecule has 0 aliphatic heterocycles. The van der Waals surface area contributed by atoms with Crippen LogP contribution in [0.15, 0.2) is 24.4 Å². The lowest BCUT2D eigenvalue weighted by Gasteiger charge is -2.15. The Morgan fingerprint density at radius 1 is 1.47 bits per heavy atom. The largest absolute Gasteiger partial charge is 0.394 e. The Morgan fingerprint density at radius 3 is 2.80 bits per heavy atom. The van der Waals surface area contributed by atoms with E-state index in [2.05, 4.69) is 4.98 Å². The minimum absolute atomic E-state index is 0.0763. The van der Waals surface area contributed by atoms with Crippen LogP contribution in [0.25, 0.3) is 0 Å². The fourth-order valence-corrected chi connectivity index (χ4v) is 2.13. The average molecular weight is 228 g/mol. The number of nitrogens with zero attached hydrogens (tertiary/aromatic N) is 1. The van der Waals surface area contributed by atoms with Gasteiger partial charge in [0.25, 0.3) is 0 Å². The van der Waals surface area contributed by atoms with Crippen molar-refractivity contribution in [2.45, 2.75) is 11.4 Å². The molecular weight excluding hydrogens is 212 g/mol. The molecule has 2 atom stereocenters. The topological polar surface area (TPSA) is 79.4 Å². The van der Waals surface area contributed by atoms with Crippen molar-refractivity contribution in [1.82, 2.24) is 4.98 Å². The monoisotopic (exact) mass is 228 g/mol. The van der Waals surface area contributed by atoms with E-state index in [1.807, 2.05) is 18.2 Å². The molecule has 0 aliphatic carbocycles. The molecule has 2 unspecified atom stereocenters. The molecule has 1 aromatic heterocycles. The van der Waals surface area contributed by atoms with Crippen LogP contribution in [0.4, 0.5) is 0 Å². The van der Waals surface area contributed by atoms with Gasteiger partial charge in [-0.15, -0.1) is 11.8 Å². The third-order valence-electron chi connectivity index (χ3n) is 1.93. The molecule has 4 nitrogen and oxygen atoms in total. The third kappa shape index (κ3) is 4.17. The highest BCUT2D eigenvalue weighted by atomic mass is 32.2. The first-order chi connectivity index (χ1) is 7.27. The summed E-state index contributed by atoms with van der Waals surface area (Å²) in [5, 5.41) is 18.0. The summed E-state index contributed by atoms with van der Waals surface area (Å²) in [6.07, 6.45) is 1.04. The van der Waals surface area contributed by atoms with Crippen molar-refractivity contribution in [3.8, 4) is 0 Å². The highest BCUT2D eigenvalue weighted by Crippen LogP contribution is 2.26. The molecule has 0 fully saturated rings. The van der Waals surface area contributed by atoms with Gasteiger partial charge in [0.1, 0.15) is 0 Å². The zero-order chi connectivity index (χ0) is 11.1. The molecule has 1 heterocycles. The average Bonchev–Trinajstić information content (AvgIpc) is 2.31. The number of hydrogen-bond donors (Lipinski definition) is 3. The predicted octanol–water partition coefficient (Wildman–Crippen LogP) is 0.168. The number of hydrogen-bond acceptors (Lipinski definition) is 5. The van der Waals surface area contributed by atoms with Crippen molar-refractivity contribution in [2.75, 3.05) is 18.9 Å². The highest BCUT2D eigenvalue weighted by Gasteiger charge is 2.13. The minimum Gasteiger partial charge on any atom is -0.394 e. The maximum absolute atomic E-state index is 9.22. The number of aliphatic hydroxyl groups is 2. The van der Waals surface area contributed by atoms with Crippen LogP contribution >= 0.6 is 11.8 Å². The second-order valence-electron chi connectivity index (χ2n) is 3.15. The van der Waals surface area contributed by atoms with Crippen molar-refractivity contribution >= 4 is 11.8 Å². The van der Waals surface area contributed by atoms with Gasteiger partial charge in [0.2, 0.25) is 0 Å². The van der Waals surface area contributed by atoms with E-state index in [1.165, 1.54) is 11.8 Å². The Bertz CT molecular complexity index is 271. The Hall–Kier alpha value is -0.620. The zero-order valence-corrected chi connectivity index (χ0v) is 9.23.